The number of phenols is 1. The molecule has 3 aliphatic carbocycles. The number of likely N-dealkylation sites (tertiary alicyclic amines) is 1. The third kappa shape index (κ3) is 6.48. The van der Waals surface area contributed by atoms with Crippen LogP contribution >= 0.6 is 0 Å². The number of benzene rings is 2. The lowest BCUT2D eigenvalue weighted by molar-refractivity contribution is -0.0457. The maximum absolute atomic E-state index is 17.0. The van der Waals surface area contributed by atoms with Crippen molar-refractivity contribution in [1.82, 2.24) is 19.9 Å². The van der Waals surface area contributed by atoms with Gasteiger partial charge in [-0.15, -0.1) is 6.42 Å². The van der Waals surface area contributed by atoms with Crippen molar-refractivity contribution in [2.24, 2.45) is 11.3 Å². The van der Waals surface area contributed by atoms with Gasteiger partial charge in [0, 0.05) is 42.6 Å². The van der Waals surface area contributed by atoms with Crippen molar-refractivity contribution in [3.63, 3.8) is 0 Å². The van der Waals surface area contributed by atoms with Crippen LogP contribution in [0, 0.1) is 35.3 Å². The number of fused-ring (bicyclic) bond motifs is 3. The predicted molar refractivity (Wildman–Crippen MR) is 194 cm³/mol. The van der Waals surface area contributed by atoms with E-state index in [1.54, 1.807) is 7.11 Å². The fourth-order valence-electron chi connectivity index (χ4n) is 8.81. The van der Waals surface area contributed by atoms with E-state index >= 15 is 4.39 Å². The monoisotopic (exact) mass is 713 g/mol. The Morgan fingerprint density at radius 2 is 1.87 bits per heavy atom. The third-order valence-corrected chi connectivity index (χ3v) is 11.6. The van der Waals surface area contributed by atoms with Crippen molar-refractivity contribution in [3.05, 3.63) is 41.5 Å². The maximum Gasteiger partial charge on any atom is 0.319 e. The molecule has 1 aliphatic heterocycles. The number of terminal acetylenes is 1. The van der Waals surface area contributed by atoms with Crippen LogP contribution in [0.15, 0.2) is 24.3 Å². The molecular weight excluding hydrogens is 668 g/mol. The number of hydrogen-bond acceptors (Lipinski definition) is 10. The number of nitrogens with zero attached hydrogens (tertiary/aromatic N) is 4. The summed E-state index contributed by atoms with van der Waals surface area (Å²) in [4.78, 5) is 16.6. The smallest absolute Gasteiger partial charge is 0.319 e. The van der Waals surface area contributed by atoms with Gasteiger partial charge < -0.3 is 29.4 Å². The van der Waals surface area contributed by atoms with E-state index in [4.69, 9.17) is 30.4 Å². The molecule has 4 aliphatic rings. The molecule has 0 amide bonds. The van der Waals surface area contributed by atoms with Crippen molar-refractivity contribution in [2.75, 3.05) is 52.4 Å². The minimum atomic E-state index is -0.810. The number of aromatic hydroxyl groups is 1. The van der Waals surface area contributed by atoms with Gasteiger partial charge in [-0.1, -0.05) is 18.4 Å². The number of aromatic nitrogens is 3. The molecule has 2 aromatic carbocycles. The van der Waals surface area contributed by atoms with Gasteiger partial charge in [-0.3, -0.25) is 4.90 Å². The Bertz CT molecular complexity index is 2030. The molecule has 2 unspecified atom stereocenters. The summed E-state index contributed by atoms with van der Waals surface area (Å²) in [5.74, 6) is 1.77. The van der Waals surface area contributed by atoms with E-state index < -0.39 is 11.6 Å². The molecular formula is C40H45F2N5O5. The minimum absolute atomic E-state index is 0.0337. The van der Waals surface area contributed by atoms with E-state index in [1.807, 2.05) is 0 Å². The number of rotatable bonds is 13. The van der Waals surface area contributed by atoms with Gasteiger partial charge in [-0.25, -0.2) is 13.8 Å². The molecule has 10 nitrogen and oxygen atoms in total. The lowest BCUT2D eigenvalue weighted by Crippen LogP contribution is -2.54. The van der Waals surface area contributed by atoms with Gasteiger partial charge in [0.05, 0.1) is 38.1 Å². The lowest BCUT2D eigenvalue weighted by atomic mass is 9.74. The van der Waals surface area contributed by atoms with E-state index in [2.05, 4.69) is 26.1 Å². The highest BCUT2D eigenvalue weighted by atomic mass is 19.1. The van der Waals surface area contributed by atoms with Crippen molar-refractivity contribution in [3.8, 4) is 41.2 Å². The highest BCUT2D eigenvalue weighted by Gasteiger charge is 2.49. The SMILES string of the molecule is C#Cc1c(F)ccc2cc(O)cc(-c3nc(OC)c4c(NCCOC5CC5)nc(OCC56CCCC5N(CC5CC(OC)C5)CCC6)nc4c3F)c12. The van der Waals surface area contributed by atoms with E-state index in [-0.39, 0.29) is 62.3 Å². The number of nitrogens with one attached hydrogen (secondary N) is 1. The van der Waals surface area contributed by atoms with E-state index in [1.165, 1.54) is 31.4 Å². The first-order chi connectivity index (χ1) is 25.3. The van der Waals surface area contributed by atoms with Crippen LogP contribution < -0.4 is 14.8 Å². The average molecular weight is 714 g/mol. The number of piperidine rings is 1. The molecule has 4 aromatic rings. The average Bonchev–Trinajstić information content (AvgIpc) is 3.86. The van der Waals surface area contributed by atoms with E-state index in [9.17, 15) is 9.50 Å². The molecule has 12 heteroatoms. The van der Waals surface area contributed by atoms with Gasteiger partial charge in [0.1, 0.15) is 34.0 Å². The van der Waals surface area contributed by atoms with Gasteiger partial charge in [-0.05, 0) is 87.4 Å². The first-order valence-electron chi connectivity index (χ1n) is 18.4. The molecule has 274 valence electrons. The molecule has 4 fully saturated rings. The Kier molecular flexibility index (Phi) is 9.53. The zero-order valence-electron chi connectivity index (χ0n) is 29.7. The van der Waals surface area contributed by atoms with Gasteiger partial charge in [0.15, 0.2) is 5.82 Å². The fourth-order valence-corrected chi connectivity index (χ4v) is 8.81. The van der Waals surface area contributed by atoms with Crippen LogP contribution in [-0.2, 0) is 9.47 Å². The molecule has 0 bridgehead atoms. The summed E-state index contributed by atoms with van der Waals surface area (Å²) < 4.78 is 55.7. The molecule has 0 spiro atoms. The van der Waals surface area contributed by atoms with Crippen LogP contribution in [0.25, 0.3) is 32.9 Å². The summed E-state index contributed by atoms with van der Waals surface area (Å²) in [5.41, 5.74) is -0.310. The number of phenolic OH excluding ortho intramolecular Hbond substituents is 1. The van der Waals surface area contributed by atoms with Crippen LogP contribution in [-0.4, -0.2) is 90.3 Å². The van der Waals surface area contributed by atoms with Crippen LogP contribution in [0.2, 0.25) is 0 Å². The normalized spacial score (nSPS) is 24.4. The second kappa shape index (κ2) is 14.3. The van der Waals surface area contributed by atoms with Crippen LogP contribution in [0.3, 0.4) is 0 Å². The van der Waals surface area contributed by atoms with Crippen molar-refractivity contribution in [2.45, 2.75) is 76.0 Å². The number of pyridine rings is 1. The molecule has 1 saturated heterocycles. The van der Waals surface area contributed by atoms with Gasteiger partial charge in [-0.2, -0.15) is 9.97 Å². The standard InChI is InChI=1S/C40H45F2N5O5/c1-4-28-30(41)11-8-24-19-25(48)20-29(32(24)28)35-34(42)36-33(38(44-35)50-3)37(43-14-16-51-26-9-10-26)46-39(45-36)52-22-40-12-5-7-31(40)47(15-6-13-40)21-23-17-27(18-23)49-2/h1,8,11,19-20,23,26-27,31,48H,5-7,9-10,12-18,21-22H2,2-3H3,(H,43,45,46). The van der Waals surface area contributed by atoms with Crippen molar-refractivity contribution in [1.29, 1.82) is 0 Å². The number of hydrogen-bond donors (Lipinski definition) is 2. The summed E-state index contributed by atoms with van der Waals surface area (Å²) in [6, 6.07) is 5.90. The minimum Gasteiger partial charge on any atom is -0.508 e. The molecule has 2 atom stereocenters. The molecule has 2 N–H and O–H groups in total. The quantitative estimate of drug-likeness (QED) is 0.113. The van der Waals surface area contributed by atoms with E-state index in [0.717, 1.165) is 70.9 Å². The molecule has 52 heavy (non-hydrogen) atoms. The number of anilines is 1. The Hall–Kier alpha value is -4.31. The number of halogens is 2. The summed E-state index contributed by atoms with van der Waals surface area (Å²) in [6.07, 6.45) is 16.1. The topological polar surface area (TPSA) is 111 Å². The second-order valence-electron chi connectivity index (χ2n) is 14.9. The zero-order valence-corrected chi connectivity index (χ0v) is 29.7. The summed E-state index contributed by atoms with van der Waals surface area (Å²) in [6.45, 7) is 3.41. The Labute approximate surface area is 302 Å². The summed E-state index contributed by atoms with van der Waals surface area (Å²) in [7, 11) is 3.22. The number of ether oxygens (including phenoxy) is 4. The van der Waals surface area contributed by atoms with Gasteiger partial charge >= 0.3 is 6.01 Å². The van der Waals surface area contributed by atoms with Gasteiger partial charge in [0.2, 0.25) is 5.88 Å². The first kappa shape index (κ1) is 34.8. The van der Waals surface area contributed by atoms with Crippen LogP contribution in [0.5, 0.6) is 17.6 Å². The number of methoxy groups -OCH3 is 2. The third-order valence-electron chi connectivity index (χ3n) is 11.6. The van der Waals surface area contributed by atoms with Crippen molar-refractivity contribution < 1.29 is 32.8 Å². The Morgan fingerprint density at radius 1 is 1.04 bits per heavy atom. The predicted octanol–water partition coefficient (Wildman–Crippen LogP) is 6.85. The lowest BCUT2D eigenvalue weighted by Gasteiger charge is -2.48. The van der Waals surface area contributed by atoms with E-state index in [0.29, 0.717) is 49.0 Å². The highest BCUT2D eigenvalue weighted by Crippen LogP contribution is 2.49. The molecule has 2 aromatic heterocycles. The first-order valence-corrected chi connectivity index (χ1v) is 18.4. The highest BCUT2D eigenvalue weighted by molar-refractivity contribution is 6.04. The largest absolute Gasteiger partial charge is 0.508 e. The Morgan fingerprint density at radius 3 is 2.63 bits per heavy atom. The Balaban J connectivity index is 1.17. The second-order valence-corrected chi connectivity index (χ2v) is 14.9. The van der Waals surface area contributed by atoms with Gasteiger partial charge in [0.25, 0.3) is 0 Å². The van der Waals surface area contributed by atoms with Crippen LogP contribution in [0.1, 0.15) is 63.4 Å². The molecule has 3 heterocycles. The molecule has 0 radical (unpaired) electrons. The molecule has 8 rings (SSSR count). The van der Waals surface area contributed by atoms with Crippen molar-refractivity contribution >= 4 is 27.5 Å². The molecule has 3 saturated carbocycles. The van der Waals surface area contributed by atoms with Crippen LogP contribution in [0.4, 0.5) is 14.6 Å². The maximum atomic E-state index is 17.0. The summed E-state index contributed by atoms with van der Waals surface area (Å²) in [5, 5.41) is 14.8. The fraction of sp³-hybridized carbons (Fsp3) is 0.525. The zero-order chi connectivity index (χ0) is 36.0. The summed E-state index contributed by atoms with van der Waals surface area (Å²) >= 11 is 0.